The van der Waals surface area contributed by atoms with Gasteiger partial charge in [-0.05, 0) is 46.5 Å². The highest BCUT2D eigenvalue weighted by molar-refractivity contribution is 5.67. The van der Waals surface area contributed by atoms with E-state index < -0.39 is 11.7 Å². The maximum Gasteiger partial charge on any atom is 0.407 e. The number of alkyl carbamates (subject to hydrolysis) is 1. The van der Waals surface area contributed by atoms with Crippen LogP contribution in [0.2, 0.25) is 0 Å². The van der Waals surface area contributed by atoms with Gasteiger partial charge >= 0.3 is 6.09 Å². The summed E-state index contributed by atoms with van der Waals surface area (Å²) in [6.07, 6.45) is 1.43. The van der Waals surface area contributed by atoms with E-state index in [9.17, 15) is 9.90 Å². The number of aliphatic hydroxyl groups is 1. The molecule has 0 aliphatic carbocycles. The van der Waals surface area contributed by atoms with Crippen LogP contribution in [-0.4, -0.2) is 42.0 Å². The van der Waals surface area contributed by atoms with E-state index in [1.54, 1.807) is 0 Å². The fraction of sp³-hybridized carbons (Fsp3) is 0.944. The van der Waals surface area contributed by atoms with E-state index in [1.807, 2.05) is 20.8 Å². The average molecular weight is 331 g/mol. The lowest BCUT2D eigenvalue weighted by atomic mass is 9.85. The minimum Gasteiger partial charge on any atom is -0.444 e. The van der Waals surface area contributed by atoms with E-state index in [-0.39, 0.29) is 17.6 Å². The van der Waals surface area contributed by atoms with Crippen LogP contribution < -0.4 is 10.6 Å². The molecule has 0 saturated heterocycles. The fourth-order valence-electron chi connectivity index (χ4n) is 2.41. The molecule has 0 radical (unpaired) electrons. The van der Waals surface area contributed by atoms with Crippen molar-refractivity contribution in [2.45, 2.75) is 79.4 Å². The Hall–Kier alpha value is -0.810. The molecule has 0 aliphatic rings. The largest absolute Gasteiger partial charge is 0.444 e. The molecular formula is C18H38N2O3. The summed E-state index contributed by atoms with van der Waals surface area (Å²) >= 11 is 0. The van der Waals surface area contributed by atoms with Crippen molar-refractivity contribution in [1.82, 2.24) is 10.6 Å². The molecule has 0 fully saturated rings. The van der Waals surface area contributed by atoms with E-state index in [1.165, 1.54) is 0 Å². The normalized spacial score (nSPS) is 17.5. The Labute approximate surface area is 142 Å². The molecule has 0 aliphatic heterocycles. The highest BCUT2D eigenvalue weighted by Gasteiger charge is 2.30. The zero-order valence-electron chi connectivity index (χ0n) is 16.4. The summed E-state index contributed by atoms with van der Waals surface area (Å²) in [7, 11) is 0. The number of carbonyl (C=O) groups excluding carboxylic acids is 1. The summed E-state index contributed by atoms with van der Waals surface area (Å²) < 4.78 is 5.31. The molecular weight excluding hydrogens is 292 g/mol. The Bertz CT molecular complexity index is 360. The van der Waals surface area contributed by atoms with E-state index in [4.69, 9.17) is 4.74 Å². The minimum absolute atomic E-state index is 0.147. The number of aliphatic hydroxyl groups excluding tert-OH is 1. The number of nitrogens with one attached hydrogen (secondary N) is 2. The second-order valence-electron chi connectivity index (χ2n) is 8.69. The lowest BCUT2D eigenvalue weighted by Gasteiger charge is -2.37. The van der Waals surface area contributed by atoms with Gasteiger partial charge < -0.3 is 20.5 Å². The molecule has 0 rings (SSSR count). The summed E-state index contributed by atoms with van der Waals surface area (Å²) in [6, 6.07) is 0. The first-order chi connectivity index (χ1) is 10.3. The van der Waals surface area contributed by atoms with Crippen molar-refractivity contribution in [3.63, 3.8) is 0 Å². The average Bonchev–Trinajstić information content (AvgIpc) is 2.40. The van der Waals surface area contributed by atoms with Crippen molar-refractivity contribution in [2.75, 3.05) is 19.7 Å². The summed E-state index contributed by atoms with van der Waals surface area (Å²) in [5.41, 5.74) is -0.884. The van der Waals surface area contributed by atoms with Crippen molar-refractivity contribution < 1.29 is 14.6 Å². The SMILES string of the molecule is CCC(C)(CO)CNC(C)(CNC(=O)OC(C)(C)C)CC(C)C. The van der Waals surface area contributed by atoms with Crippen LogP contribution in [0.15, 0.2) is 0 Å². The molecule has 0 heterocycles. The van der Waals surface area contributed by atoms with Gasteiger partial charge in [0, 0.05) is 30.7 Å². The summed E-state index contributed by atoms with van der Waals surface area (Å²) in [4.78, 5) is 11.9. The molecule has 138 valence electrons. The Morgan fingerprint density at radius 1 is 1.13 bits per heavy atom. The second kappa shape index (κ2) is 8.88. The van der Waals surface area contributed by atoms with Gasteiger partial charge in [-0.3, -0.25) is 0 Å². The zero-order valence-corrected chi connectivity index (χ0v) is 16.4. The lowest BCUT2D eigenvalue weighted by Crippen LogP contribution is -2.55. The molecule has 0 aromatic heterocycles. The van der Waals surface area contributed by atoms with Crippen LogP contribution in [0.3, 0.4) is 0 Å². The van der Waals surface area contributed by atoms with Gasteiger partial charge in [-0.25, -0.2) is 4.79 Å². The molecule has 2 unspecified atom stereocenters. The third-order valence-electron chi connectivity index (χ3n) is 4.06. The van der Waals surface area contributed by atoms with Crippen LogP contribution in [0.1, 0.15) is 68.2 Å². The van der Waals surface area contributed by atoms with Gasteiger partial charge in [0.15, 0.2) is 0 Å². The Morgan fingerprint density at radius 2 is 1.70 bits per heavy atom. The number of amides is 1. The van der Waals surface area contributed by atoms with Crippen molar-refractivity contribution in [1.29, 1.82) is 0 Å². The predicted octanol–water partition coefficient (Wildman–Crippen LogP) is 3.31. The first-order valence-electron chi connectivity index (χ1n) is 8.67. The predicted molar refractivity (Wildman–Crippen MR) is 95.6 cm³/mol. The number of hydrogen-bond donors (Lipinski definition) is 3. The summed E-state index contributed by atoms with van der Waals surface area (Å²) in [5.74, 6) is 0.495. The topological polar surface area (TPSA) is 70.6 Å². The summed E-state index contributed by atoms with van der Waals surface area (Å²) in [6.45, 7) is 17.5. The maximum atomic E-state index is 11.9. The van der Waals surface area contributed by atoms with Crippen LogP contribution in [0.25, 0.3) is 0 Å². The van der Waals surface area contributed by atoms with Crippen molar-refractivity contribution in [3.8, 4) is 0 Å². The number of ether oxygens (including phenoxy) is 1. The Morgan fingerprint density at radius 3 is 2.09 bits per heavy atom. The second-order valence-corrected chi connectivity index (χ2v) is 8.69. The van der Waals surface area contributed by atoms with Gasteiger partial charge in [0.05, 0.1) is 0 Å². The molecule has 1 amide bonds. The number of rotatable bonds is 9. The fourth-order valence-corrected chi connectivity index (χ4v) is 2.41. The third-order valence-corrected chi connectivity index (χ3v) is 4.06. The standard InChI is InChI=1S/C18H38N2O3/c1-9-17(7,13-21)11-20-18(8,10-14(2)3)12-19-15(22)23-16(4,5)6/h14,20-21H,9-13H2,1-8H3,(H,19,22). The Balaban J connectivity index is 4.75. The first kappa shape index (κ1) is 22.2. The minimum atomic E-state index is -0.496. The van der Waals surface area contributed by atoms with Gasteiger partial charge in [-0.15, -0.1) is 0 Å². The molecule has 23 heavy (non-hydrogen) atoms. The van der Waals surface area contributed by atoms with Gasteiger partial charge in [0.2, 0.25) is 0 Å². The van der Waals surface area contributed by atoms with Crippen LogP contribution >= 0.6 is 0 Å². The Kier molecular flexibility index (Phi) is 8.57. The van der Waals surface area contributed by atoms with Crippen molar-refractivity contribution >= 4 is 6.09 Å². The lowest BCUT2D eigenvalue weighted by molar-refractivity contribution is 0.0501. The highest BCUT2D eigenvalue weighted by atomic mass is 16.6. The molecule has 0 bridgehead atoms. The first-order valence-corrected chi connectivity index (χ1v) is 8.67. The molecule has 0 spiro atoms. The highest BCUT2D eigenvalue weighted by Crippen LogP contribution is 2.22. The van der Waals surface area contributed by atoms with E-state index in [0.717, 1.165) is 12.8 Å². The maximum absolute atomic E-state index is 11.9. The van der Waals surface area contributed by atoms with Crippen LogP contribution in [0.4, 0.5) is 4.79 Å². The monoisotopic (exact) mass is 330 g/mol. The van der Waals surface area contributed by atoms with Crippen LogP contribution in [0.5, 0.6) is 0 Å². The third kappa shape index (κ3) is 9.82. The molecule has 0 aromatic carbocycles. The van der Waals surface area contributed by atoms with Crippen molar-refractivity contribution in [3.05, 3.63) is 0 Å². The summed E-state index contributed by atoms with van der Waals surface area (Å²) in [5, 5.41) is 16.0. The molecule has 2 atom stereocenters. The van der Waals surface area contributed by atoms with Gasteiger partial charge in [0.1, 0.15) is 5.60 Å². The van der Waals surface area contributed by atoms with Crippen LogP contribution in [-0.2, 0) is 4.74 Å². The molecule has 5 nitrogen and oxygen atoms in total. The molecule has 0 saturated carbocycles. The smallest absolute Gasteiger partial charge is 0.407 e. The van der Waals surface area contributed by atoms with E-state index in [2.05, 4.69) is 45.3 Å². The van der Waals surface area contributed by atoms with Gasteiger partial charge in [0.25, 0.3) is 0 Å². The van der Waals surface area contributed by atoms with Crippen molar-refractivity contribution in [2.24, 2.45) is 11.3 Å². The number of hydrogen-bond acceptors (Lipinski definition) is 4. The van der Waals surface area contributed by atoms with E-state index >= 15 is 0 Å². The zero-order chi connectivity index (χ0) is 18.3. The molecule has 0 aromatic rings. The van der Waals surface area contributed by atoms with Gasteiger partial charge in [-0.1, -0.05) is 27.7 Å². The van der Waals surface area contributed by atoms with E-state index in [0.29, 0.717) is 19.0 Å². The molecule has 5 heteroatoms. The number of carbonyl (C=O) groups is 1. The van der Waals surface area contributed by atoms with Crippen LogP contribution in [0, 0.1) is 11.3 Å². The molecule has 3 N–H and O–H groups in total. The quantitative estimate of drug-likeness (QED) is 0.606. The van der Waals surface area contributed by atoms with Gasteiger partial charge in [-0.2, -0.15) is 0 Å².